The number of oxime groups is 1. The second-order valence-electron chi connectivity index (χ2n) is 6.74. The summed E-state index contributed by atoms with van der Waals surface area (Å²) in [5.41, 5.74) is 4.84. The Bertz CT molecular complexity index is 1240. The molecular weight excluding hydrogens is 497 g/mol. The number of benzene rings is 2. The summed E-state index contributed by atoms with van der Waals surface area (Å²) in [6.45, 7) is 0.0350. The number of rotatable bonds is 7. The van der Waals surface area contributed by atoms with Crippen LogP contribution in [0.2, 0.25) is 10.0 Å². The highest BCUT2D eigenvalue weighted by Crippen LogP contribution is 2.36. The second-order valence-corrected chi connectivity index (χ2v) is 8.23. The van der Waals surface area contributed by atoms with Gasteiger partial charge in [0.2, 0.25) is 4.77 Å². The molecule has 0 saturated carbocycles. The Morgan fingerprint density at radius 1 is 1.31 bits per heavy atom. The lowest BCUT2D eigenvalue weighted by Gasteiger charge is -2.12. The first-order valence-corrected chi connectivity index (χ1v) is 11.1. The summed E-state index contributed by atoms with van der Waals surface area (Å²) < 4.78 is 7.50. The maximum atomic E-state index is 11.6. The summed E-state index contributed by atoms with van der Waals surface area (Å²) in [5, 5.41) is 12.0. The number of nitrogens with one attached hydrogen (secondary N) is 2. The van der Waals surface area contributed by atoms with Crippen molar-refractivity contribution >= 4 is 58.6 Å². The van der Waals surface area contributed by atoms with E-state index in [0.717, 1.165) is 11.1 Å². The summed E-state index contributed by atoms with van der Waals surface area (Å²) in [4.78, 5) is 17.3. The maximum Gasteiger partial charge on any atom is 0.253 e. The number of aromatic amines is 1. The molecule has 1 atom stereocenters. The molecule has 0 fully saturated rings. The predicted molar refractivity (Wildman–Crippen MR) is 125 cm³/mol. The van der Waals surface area contributed by atoms with Crippen LogP contribution in [0, 0.1) is 4.77 Å². The number of aromatic nitrogens is 3. The first-order valence-electron chi connectivity index (χ1n) is 9.38. The molecule has 0 spiro atoms. The van der Waals surface area contributed by atoms with Crippen LogP contribution in [-0.4, -0.2) is 32.4 Å². The normalized spacial score (nSPS) is 15.2. The van der Waals surface area contributed by atoms with Gasteiger partial charge in [-0.3, -0.25) is 15.3 Å². The van der Waals surface area contributed by atoms with Crippen molar-refractivity contribution in [2.24, 2.45) is 5.16 Å². The van der Waals surface area contributed by atoms with E-state index in [1.165, 1.54) is 4.68 Å². The zero-order valence-corrected chi connectivity index (χ0v) is 19.4. The summed E-state index contributed by atoms with van der Waals surface area (Å²) in [6.07, 6.45) is 0.177. The number of hydrogen-bond acceptors (Lipinski definition) is 6. The van der Waals surface area contributed by atoms with Gasteiger partial charge in [-0.25, -0.2) is 4.68 Å². The lowest BCUT2D eigenvalue weighted by atomic mass is 9.99. The Hall–Kier alpha value is -2.59. The molecule has 1 unspecified atom stereocenters. The zero-order chi connectivity index (χ0) is 22.7. The number of alkyl halides is 1. The molecule has 0 saturated heterocycles. The average molecular weight is 513 g/mol. The van der Waals surface area contributed by atoms with Crippen LogP contribution >= 0.6 is 47.0 Å². The molecule has 2 heterocycles. The topological polar surface area (TPSA) is 93.5 Å². The standard InChI is InChI=1S/C20H16Cl3N5O3S/c21-9-19(29)26-28-18(24-25-20(28)32)10-30-16-4-2-1-3-13(16)15-8-17(31-27-15)12-6-5-11(22)7-14(12)23/h1-7,17H,8-10H2,(H,25,32)(H,26,29). The van der Waals surface area contributed by atoms with Crippen molar-refractivity contribution in [3.8, 4) is 5.75 Å². The van der Waals surface area contributed by atoms with E-state index in [-0.39, 0.29) is 23.4 Å². The maximum absolute atomic E-state index is 11.6. The summed E-state index contributed by atoms with van der Waals surface area (Å²) >= 11 is 23.0. The van der Waals surface area contributed by atoms with Gasteiger partial charge in [0.15, 0.2) is 11.9 Å². The SMILES string of the molecule is O=C(CCl)Nn1c(COc2ccccc2C2=NOC(c3ccc(Cl)cc3Cl)C2)n[nH]c1=S. The fraction of sp³-hybridized carbons (Fsp3) is 0.200. The van der Waals surface area contributed by atoms with Gasteiger partial charge < -0.3 is 9.57 Å². The van der Waals surface area contributed by atoms with Crippen LogP contribution in [0.1, 0.15) is 29.5 Å². The molecular formula is C20H16Cl3N5O3S. The summed E-state index contributed by atoms with van der Waals surface area (Å²) in [7, 11) is 0. The van der Waals surface area contributed by atoms with Gasteiger partial charge in [0.05, 0.1) is 5.71 Å². The first kappa shape index (κ1) is 22.6. The van der Waals surface area contributed by atoms with E-state index < -0.39 is 5.91 Å². The number of ether oxygens (including phenoxy) is 1. The van der Waals surface area contributed by atoms with E-state index in [0.29, 0.717) is 33.8 Å². The first-order chi connectivity index (χ1) is 15.5. The Morgan fingerprint density at radius 2 is 2.12 bits per heavy atom. The Kier molecular flexibility index (Phi) is 7.00. The monoisotopic (exact) mass is 511 g/mol. The quantitative estimate of drug-likeness (QED) is 0.343. The van der Waals surface area contributed by atoms with Gasteiger partial charge in [-0.05, 0) is 36.5 Å². The number of amides is 1. The fourth-order valence-electron chi connectivity index (χ4n) is 3.14. The lowest BCUT2D eigenvalue weighted by molar-refractivity contribution is -0.114. The molecule has 4 rings (SSSR count). The van der Waals surface area contributed by atoms with E-state index >= 15 is 0 Å². The molecule has 3 aromatic rings. The molecule has 8 nitrogen and oxygen atoms in total. The van der Waals surface area contributed by atoms with E-state index in [9.17, 15) is 4.79 Å². The third-order valence-corrected chi connectivity index (χ3v) is 5.71. The second kappa shape index (κ2) is 9.91. The molecule has 32 heavy (non-hydrogen) atoms. The predicted octanol–water partition coefficient (Wildman–Crippen LogP) is 5.00. The van der Waals surface area contributed by atoms with Crippen molar-refractivity contribution in [2.75, 3.05) is 11.3 Å². The van der Waals surface area contributed by atoms with Crippen LogP contribution in [0.4, 0.5) is 0 Å². The highest BCUT2D eigenvalue weighted by atomic mass is 35.5. The van der Waals surface area contributed by atoms with Crippen molar-refractivity contribution in [1.29, 1.82) is 0 Å². The van der Waals surface area contributed by atoms with E-state index in [4.69, 9.17) is 56.6 Å². The number of carbonyl (C=O) groups excluding carboxylic acids is 1. The average Bonchev–Trinajstić information content (AvgIpc) is 3.40. The van der Waals surface area contributed by atoms with Gasteiger partial charge in [0, 0.05) is 27.6 Å². The number of nitrogens with zero attached hydrogens (tertiary/aromatic N) is 3. The van der Waals surface area contributed by atoms with Crippen LogP contribution in [0.15, 0.2) is 47.6 Å². The van der Waals surface area contributed by atoms with Gasteiger partial charge >= 0.3 is 0 Å². The molecule has 0 bridgehead atoms. The zero-order valence-electron chi connectivity index (χ0n) is 16.3. The molecule has 2 N–H and O–H groups in total. The number of para-hydroxylation sites is 1. The van der Waals surface area contributed by atoms with Crippen LogP contribution in [-0.2, 0) is 16.2 Å². The van der Waals surface area contributed by atoms with Crippen molar-refractivity contribution in [3.05, 3.63) is 74.2 Å². The van der Waals surface area contributed by atoms with Gasteiger partial charge in [-0.15, -0.1) is 11.6 Å². The Labute approximate surface area is 203 Å². The molecule has 0 aliphatic carbocycles. The minimum atomic E-state index is -0.421. The molecule has 12 heteroatoms. The minimum absolute atomic E-state index is 0.0350. The molecule has 1 aromatic heterocycles. The molecule has 2 aromatic carbocycles. The Morgan fingerprint density at radius 3 is 2.91 bits per heavy atom. The molecule has 1 aliphatic heterocycles. The van der Waals surface area contributed by atoms with Crippen LogP contribution < -0.4 is 10.2 Å². The van der Waals surface area contributed by atoms with Gasteiger partial charge in [0.25, 0.3) is 5.91 Å². The summed E-state index contributed by atoms with van der Waals surface area (Å²) in [5.74, 6) is 0.310. The van der Waals surface area contributed by atoms with E-state index in [1.807, 2.05) is 30.3 Å². The number of carbonyl (C=O) groups is 1. The van der Waals surface area contributed by atoms with Crippen LogP contribution in [0.25, 0.3) is 0 Å². The van der Waals surface area contributed by atoms with Gasteiger partial charge in [0.1, 0.15) is 18.2 Å². The lowest BCUT2D eigenvalue weighted by Crippen LogP contribution is -2.26. The highest BCUT2D eigenvalue weighted by Gasteiger charge is 2.27. The van der Waals surface area contributed by atoms with Gasteiger partial charge in [-0.1, -0.05) is 46.6 Å². The van der Waals surface area contributed by atoms with Crippen molar-refractivity contribution < 1.29 is 14.4 Å². The van der Waals surface area contributed by atoms with E-state index in [2.05, 4.69) is 20.8 Å². The van der Waals surface area contributed by atoms with Gasteiger partial charge in [-0.2, -0.15) is 5.10 Å². The van der Waals surface area contributed by atoms with Crippen molar-refractivity contribution in [3.63, 3.8) is 0 Å². The number of H-pyrrole nitrogens is 1. The van der Waals surface area contributed by atoms with Crippen molar-refractivity contribution in [1.82, 2.24) is 14.9 Å². The fourth-order valence-corrected chi connectivity index (χ4v) is 3.92. The molecule has 1 aliphatic rings. The highest BCUT2D eigenvalue weighted by molar-refractivity contribution is 7.71. The smallest absolute Gasteiger partial charge is 0.253 e. The van der Waals surface area contributed by atoms with Crippen molar-refractivity contribution in [2.45, 2.75) is 19.1 Å². The minimum Gasteiger partial charge on any atom is -0.485 e. The number of halogens is 3. The molecule has 1 amide bonds. The molecule has 166 valence electrons. The third-order valence-electron chi connectivity index (χ3n) is 4.63. The van der Waals surface area contributed by atoms with E-state index in [1.54, 1.807) is 12.1 Å². The molecule has 0 radical (unpaired) electrons. The van der Waals surface area contributed by atoms with Crippen LogP contribution in [0.5, 0.6) is 5.75 Å². The largest absolute Gasteiger partial charge is 0.485 e. The number of hydrogen-bond donors (Lipinski definition) is 2. The van der Waals surface area contributed by atoms with Crippen LogP contribution in [0.3, 0.4) is 0 Å². The summed E-state index contributed by atoms with van der Waals surface area (Å²) in [6, 6.07) is 12.7. The Balaban J connectivity index is 1.50. The third kappa shape index (κ3) is 4.91.